The lowest BCUT2D eigenvalue weighted by Crippen LogP contribution is -2.41. The maximum atomic E-state index is 12.3. The Morgan fingerprint density at radius 3 is 2.80 bits per heavy atom. The summed E-state index contributed by atoms with van der Waals surface area (Å²) >= 11 is 0. The molecule has 0 bridgehead atoms. The van der Waals surface area contributed by atoms with E-state index in [2.05, 4.69) is 4.72 Å². The lowest BCUT2D eigenvalue weighted by Gasteiger charge is -2.19. The van der Waals surface area contributed by atoms with Crippen molar-refractivity contribution in [3.63, 3.8) is 0 Å². The van der Waals surface area contributed by atoms with Gasteiger partial charge in [-0.1, -0.05) is 12.1 Å². The molecule has 0 spiro atoms. The average molecular weight is 298 g/mol. The van der Waals surface area contributed by atoms with Gasteiger partial charge in [0.05, 0.1) is 17.1 Å². The number of rotatable bonds is 4. The van der Waals surface area contributed by atoms with E-state index in [0.717, 1.165) is 12.8 Å². The highest BCUT2D eigenvalue weighted by molar-refractivity contribution is 7.89. The van der Waals surface area contributed by atoms with Crippen molar-refractivity contribution in [2.45, 2.75) is 42.4 Å². The van der Waals surface area contributed by atoms with Gasteiger partial charge >= 0.3 is 0 Å². The molecule has 20 heavy (non-hydrogen) atoms. The van der Waals surface area contributed by atoms with Gasteiger partial charge < -0.3 is 4.74 Å². The van der Waals surface area contributed by atoms with Gasteiger partial charge in [-0.25, -0.2) is 13.1 Å². The number of hydrogen-bond donors (Lipinski definition) is 1. The summed E-state index contributed by atoms with van der Waals surface area (Å²) < 4.78 is 32.6. The average Bonchev–Trinajstić information content (AvgIpc) is 3.19. The van der Waals surface area contributed by atoms with Gasteiger partial charge in [0.1, 0.15) is 6.10 Å². The first-order chi connectivity index (χ1) is 9.49. The number of hydrogen-bond acceptors (Lipinski definition) is 5. The van der Waals surface area contributed by atoms with Crippen LogP contribution in [0.25, 0.3) is 0 Å². The zero-order chi connectivity index (χ0) is 14.3. The van der Waals surface area contributed by atoms with Crippen molar-refractivity contribution < 1.29 is 18.1 Å². The summed E-state index contributed by atoms with van der Waals surface area (Å²) in [5, 5.41) is 10.9. The van der Waals surface area contributed by atoms with Crippen molar-refractivity contribution in [2.24, 2.45) is 0 Å². The predicted octanol–water partition coefficient (Wildman–Crippen LogP) is 1.19. The largest absolute Gasteiger partial charge is 0.368 e. The molecule has 0 unspecified atom stereocenters. The first-order valence-electron chi connectivity index (χ1n) is 6.40. The number of nitro groups is 1. The van der Waals surface area contributed by atoms with E-state index in [4.69, 9.17) is 4.74 Å². The maximum Gasteiger partial charge on any atom is 0.289 e. The number of sulfonamides is 1. The fourth-order valence-corrected chi connectivity index (χ4v) is 4.12. The third kappa shape index (κ3) is 2.41. The molecule has 0 amide bonds. The summed E-state index contributed by atoms with van der Waals surface area (Å²) in [5.74, 6) is 0. The molecule has 2 fully saturated rings. The molecular formula is C12H14N2O5S. The first kappa shape index (κ1) is 13.5. The lowest BCUT2D eigenvalue weighted by atomic mass is 9.96. The van der Waals surface area contributed by atoms with Crippen LogP contribution in [0.4, 0.5) is 5.69 Å². The van der Waals surface area contributed by atoms with Gasteiger partial charge in [-0.15, -0.1) is 0 Å². The molecule has 1 saturated carbocycles. The van der Waals surface area contributed by atoms with Gasteiger partial charge in [0.25, 0.3) is 5.69 Å². The van der Waals surface area contributed by atoms with Crippen LogP contribution >= 0.6 is 0 Å². The Bertz CT molecular complexity index is 645. The molecular weight excluding hydrogens is 284 g/mol. The Morgan fingerprint density at radius 1 is 1.30 bits per heavy atom. The Balaban J connectivity index is 1.86. The molecule has 7 nitrogen and oxygen atoms in total. The Hall–Kier alpha value is -1.51. The highest BCUT2D eigenvalue weighted by atomic mass is 32.2. The van der Waals surface area contributed by atoms with Gasteiger partial charge in [-0.3, -0.25) is 10.1 Å². The summed E-state index contributed by atoms with van der Waals surface area (Å²) in [6.45, 7) is 0. The fraction of sp³-hybridized carbons (Fsp3) is 0.500. The molecule has 1 aromatic carbocycles. The van der Waals surface area contributed by atoms with Crippen molar-refractivity contribution in [2.75, 3.05) is 0 Å². The van der Waals surface area contributed by atoms with E-state index in [1.807, 2.05) is 0 Å². The third-order valence-electron chi connectivity index (χ3n) is 3.68. The third-order valence-corrected chi connectivity index (χ3v) is 5.22. The summed E-state index contributed by atoms with van der Waals surface area (Å²) in [6, 6.07) is 5.05. The summed E-state index contributed by atoms with van der Waals surface area (Å²) in [7, 11) is -3.91. The van der Waals surface area contributed by atoms with Crippen LogP contribution < -0.4 is 4.72 Å². The minimum absolute atomic E-state index is 0.0821. The molecule has 108 valence electrons. The smallest absolute Gasteiger partial charge is 0.289 e. The number of ether oxygens (including phenoxy) is 1. The molecule has 1 aliphatic carbocycles. The first-order valence-corrected chi connectivity index (χ1v) is 7.88. The van der Waals surface area contributed by atoms with Crippen LogP contribution in [-0.2, 0) is 14.8 Å². The van der Waals surface area contributed by atoms with E-state index in [9.17, 15) is 18.5 Å². The SMILES string of the molecule is O=[N+]([O-])c1ccccc1S(=O)(=O)N[C@@H]1CCC[C@@H]2O[C@@H]21. The normalized spacial score (nSPS) is 28.7. The van der Waals surface area contributed by atoms with Crippen LogP contribution in [0, 0.1) is 10.1 Å². The van der Waals surface area contributed by atoms with Crippen molar-refractivity contribution >= 4 is 15.7 Å². The fourth-order valence-electron chi connectivity index (χ4n) is 2.67. The van der Waals surface area contributed by atoms with Crippen molar-refractivity contribution in [1.82, 2.24) is 4.72 Å². The minimum Gasteiger partial charge on any atom is -0.368 e. The molecule has 1 aliphatic heterocycles. The zero-order valence-corrected chi connectivity index (χ0v) is 11.4. The molecule has 0 radical (unpaired) electrons. The number of para-hydroxylation sites is 1. The van der Waals surface area contributed by atoms with Gasteiger partial charge in [0.15, 0.2) is 4.90 Å². The molecule has 3 rings (SSSR count). The van der Waals surface area contributed by atoms with Crippen LogP contribution in [0.3, 0.4) is 0 Å². The van der Waals surface area contributed by atoms with Crippen LogP contribution in [0.5, 0.6) is 0 Å². The maximum absolute atomic E-state index is 12.3. The minimum atomic E-state index is -3.91. The standard InChI is InChI=1S/C12H14N2O5S/c15-14(16)9-5-1-2-7-11(9)20(17,18)13-8-4-3-6-10-12(8)19-10/h1-2,5,7-8,10,12-13H,3-4,6H2/t8-,10+,12-/m1/s1. The van der Waals surface area contributed by atoms with Gasteiger partial charge in [0.2, 0.25) is 10.0 Å². The number of nitrogens with zero attached hydrogens (tertiary/aromatic N) is 1. The Kier molecular flexibility index (Phi) is 3.23. The van der Waals surface area contributed by atoms with E-state index < -0.39 is 20.6 Å². The second kappa shape index (κ2) is 4.80. The number of fused-ring (bicyclic) bond motifs is 1. The molecule has 2 aliphatic rings. The molecule has 8 heteroatoms. The molecule has 1 aromatic rings. The Morgan fingerprint density at radius 2 is 2.05 bits per heavy atom. The monoisotopic (exact) mass is 298 g/mol. The molecule has 1 saturated heterocycles. The van der Waals surface area contributed by atoms with Crippen molar-refractivity contribution in [3.8, 4) is 0 Å². The van der Waals surface area contributed by atoms with Gasteiger partial charge in [-0.05, 0) is 25.3 Å². The highest BCUT2D eigenvalue weighted by Crippen LogP contribution is 2.37. The summed E-state index contributed by atoms with van der Waals surface area (Å²) in [6.07, 6.45) is 2.60. The van der Waals surface area contributed by atoms with E-state index in [1.165, 1.54) is 24.3 Å². The van der Waals surface area contributed by atoms with E-state index in [1.54, 1.807) is 0 Å². The predicted molar refractivity (Wildman–Crippen MR) is 69.7 cm³/mol. The van der Waals surface area contributed by atoms with Crippen molar-refractivity contribution in [1.29, 1.82) is 0 Å². The second-order valence-electron chi connectivity index (χ2n) is 5.02. The van der Waals surface area contributed by atoms with Crippen LogP contribution in [0.15, 0.2) is 29.2 Å². The molecule has 1 heterocycles. The number of epoxide rings is 1. The second-order valence-corrected chi connectivity index (χ2v) is 6.71. The van der Waals surface area contributed by atoms with E-state index in [0.29, 0.717) is 6.42 Å². The highest BCUT2D eigenvalue weighted by Gasteiger charge is 2.48. The van der Waals surface area contributed by atoms with Crippen LogP contribution in [0.2, 0.25) is 0 Å². The van der Waals surface area contributed by atoms with Crippen LogP contribution in [0.1, 0.15) is 19.3 Å². The van der Waals surface area contributed by atoms with Crippen LogP contribution in [-0.4, -0.2) is 31.6 Å². The number of nitrogens with one attached hydrogen (secondary N) is 1. The molecule has 1 N–H and O–H groups in total. The quantitative estimate of drug-likeness (QED) is 0.511. The van der Waals surface area contributed by atoms with Gasteiger partial charge in [-0.2, -0.15) is 0 Å². The van der Waals surface area contributed by atoms with Crippen molar-refractivity contribution in [3.05, 3.63) is 34.4 Å². The zero-order valence-electron chi connectivity index (χ0n) is 10.6. The molecule has 3 atom stereocenters. The summed E-state index contributed by atoms with van der Waals surface area (Å²) in [5.41, 5.74) is -0.413. The topological polar surface area (TPSA) is 102 Å². The number of nitro benzene ring substituents is 1. The van der Waals surface area contributed by atoms with Gasteiger partial charge in [0, 0.05) is 6.07 Å². The van der Waals surface area contributed by atoms with E-state index in [-0.39, 0.29) is 23.1 Å². The molecule has 0 aromatic heterocycles. The number of benzene rings is 1. The summed E-state index contributed by atoms with van der Waals surface area (Å²) in [4.78, 5) is 9.93. The lowest BCUT2D eigenvalue weighted by molar-refractivity contribution is -0.387. The van der Waals surface area contributed by atoms with E-state index >= 15 is 0 Å². The Labute approximate surface area is 116 Å².